The number of aryl methyl sites for hydroxylation is 1. The Hall–Kier alpha value is -3.94. The van der Waals surface area contributed by atoms with Crippen molar-refractivity contribution in [3.05, 3.63) is 53.2 Å². The molecule has 7 nitrogen and oxygen atoms in total. The number of aromatic nitrogens is 3. The van der Waals surface area contributed by atoms with Gasteiger partial charge in [-0.3, -0.25) is 4.90 Å². The number of nitrogens with zero attached hydrogens (tertiary/aromatic N) is 5. The zero-order valence-electron chi connectivity index (χ0n) is 25.5. The van der Waals surface area contributed by atoms with E-state index in [0.29, 0.717) is 52.7 Å². The Bertz CT molecular complexity index is 1950. The molecule has 0 radical (unpaired) electrons. The summed E-state index contributed by atoms with van der Waals surface area (Å²) in [5.74, 6) is 1.99. The van der Waals surface area contributed by atoms with Crippen LogP contribution in [-0.2, 0) is 6.42 Å². The maximum Gasteiger partial charge on any atom is 0.319 e. The SMILES string of the molecule is C#Cc1c(F)ccc2cccc(-c3nc4c5c(nc(OC[C@@]67CCCN6[C@H](CF)CC7)nc5c3F)N3C[C@H]5CC[C@H](N5)[C@H]3CC4)c12. The molecule has 4 fully saturated rings. The molecule has 4 saturated heterocycles. The highest BCUT2D eigenvalue weighted by atomic mass is 19.1. The molecule has 46 heavy (non-hydrogen) atoms. The molecule has 4 aromatic rings. The molecule has 9 rings (SSSR count). The third-order valence-electron chi connectivity index (χ3n) is 11.4. The van der Waals surface area contributed by atoms with E-state index in [2.05, 4.69) is 21.0 Å². The highest BCUT2D eigenvalue weighted by Crippen LogP contribution is 2.45. The number of terminal acetylenes is 1. The first-order chi connectivity index (χ1) is 22.5. The number of alkyl halides is 1. The topological polar surface area (TPSA) is 66.4 Å². The Balaban J connectivity index is 1.22. The number of halogens is 3. The number of benzene rings is 2. The van der Waals surface area contributed by atoms with Crippen molar-refractivity contribution in [1.29, 1.82) is 0 Å². The molecule has 2 aromatic carbocycles. The Morgan fingerprint density at radius 1 is 1.04 bits per heavy atom. The lowest BCUT2D eigenvalue weighted by Gasteiger charge is -2.41. The van der Waals surface area contributed by atoms with Crippen LogP contribution < -0.4 is 15.0 Å². The summed E-state index contributed by atoms with van der Waals surface area (Å²) in [5, 5.41) is 5.54. The zero-order valence-corrected chi connectivity index (χ0v) is 25.5. The largest absolute Gasteiger partial charge is 0.461 e. The zero-order chi connectivity index (χ0) is 31.2. The van der Waals surface area contributed by atoms with E-state index in [1.54, 1.807) is 18.2 Å². The van der Waals surface area contributed by atoms with E-state index in [4.69, 9.17) is 26.1 Å². The summed E-state index contributed by atoms with van der Waals surface area (Å²) in [6.07, 6.45) is 13.0. The second kappa shape index (κ2) is 10.5. The van der Waals surface area contributed by atoms with Gasteiger partial charge in [0, 0.05) is 41.7 Å². The van der Waals surface area contributed by atoms with Gasteiger partial charge in [-0.15, -0.1) is 6.42 Å². The molecule has 10 heteroatoms. The fourth-order valence-electron chi connectivity index (χ4n) is 9.28. The van der Waals surface area contributed by atoms with Crippen molar-refractivity contribution in [1.82, 2.24) is 25.2 Å². The molecule has 236 valence electrons. The van der Waals surface area contributed by atoms with Gasteiger partial charge in [-0.25, -0.2) is 18.2 Å². The maximum atomic E-state index is 17.1. The fourth-order valence-corrected chi connectivity index (χ4v) is 9.28. The fraction of sp³-hybridized carbons (Fsp3) is 0.472. The minimum Gasteiger partial charge on any atom is -0.461 e. The number of piperazine rings is 1. The number of fused-ring (bicyclic) bond motifs is 7. The van der Waals surface area contributed by atoms with Crippen LogP contribution in [0.1, 0.15) is 56.2 Å². The lowest BCUT2D eigenvalue weighted by Crippen LogP contribution is -2.58. The minimum atomic E-state index is -0.609. The lowest BCUT2D eigenvalue weighted by molar-refractivity contribution is 0.0772. The van der Waals surface area contributed by atoms with Crippen molar-refractivity contribution >= 4 is 27.5 Å². The smallest absolute Gasteiger partial charge is 0.319 e. The van der Waals surface area contributed by atoms with Crippen LogP contribution in [0.3, 0.4) is 0 Å². The number of pyridine rings is 1. The summed E-state index contributed by atoms with van der Waals surface area (Å²) in [5.41, 5.74) is 1.20. The first kappa shape index (κ1) is 28.3. The molecule has 0 aliphatic carbocycles. The first-order valence-electron chi connectivity index (χ1n) is 16.5. The van der Waals surface area contributed by atoms with E-state index in [1.165, 1.54) is 6.07 Å². The number of anilines is 1. The van der Waals surface area contributed by atoms with Crippen LogP contribution in [0.25, 0.3) is 32.9 Å². The molecule has 0 amide bonds. The lowest BCUT2D eigenvalue weighted by atomic mass is 9.95. The van der Waals surface area contributed by atoms with E-state index in [1.807, 2.05) is 6.07 Å². The molecule has 5 atom stereocenters. The van der Waals surface area contributed by atoms with Crippen molar-refractivity contribution in [2.45, 2.75) is 81.1 Å². The summed E-state index contributed by atoms with van der Waals surface area (Å²) >= 11 is 0. The van der Waals surface area contributed by atoms with Crippen molar-refractivity contribution in [3.8, 4) is 29.6 Å². The average Bonchev–Trinajstić information content (AvgIpc) is 3.74. The van der Waals surface area contributed by atoms with Crippen LogP contribution in [0.5, 0.6) is 6.01 Å². The molecular weight excluding hydrogens is 589 g/mol. The van der Waals surface area contributed by atoms with Gasteiger partial charge in [-0.2, -0.15) is 9.97 Å². The van der Waals surface area contributed by atoms with Crippen LogP contribution in [0, 0.1) is 24.0 Å². The van der Waals surface area contributed by atoms with E-state index >= 15 is 4.39 Å². The molecule has 2 bridgehead atoms. The summed E-state index contributed by atoms with van der Waals surface area (Å²) in [6.45, 7) is 1.57. The molecule has 1 N–H and O–H groups in total. The number of hydrogen-bond donors (Lipinski definition) is 1. The second-order valence-corrected chi connectivity index (χ2v) is 13.7. The molecule has 0 saturated carbocycles. The van der Waals surface area contributed by atoms with Gasteiger partial charge in [0.25, 0.3) is 0 Å². The minimum absolute atomic E-state index is 0.0791. The van der Waals surface area contributed by atoms with Gasteiger partial charge in [0.1, 0.15) is 36.1 Å². The molecule has 0 unspecified atom stereocenters. The van der Waals surface area contributed by atoms with Gasteiger partial charge in [-0.1, -0.05) is 30.2 Å². The third kappa shape index (κ3) is 4.10. The predicted molar refractivity (Wildman–Crippen MR) is 171 cm³/mol. The molecular formula is C36H35F3N6O. The van der Waals surface area contributed by atoms with Crippen LogP contribution in [-0.4, -0.2) is 75.9 Å². The highest BCUT2D eigenvalue weighted by Gasteiger charge is 2.50. The Morgan fingerprint density at radius 3 is 2.83 bits per heavy atom. The van der Waals surface area contributed by atoms with Gasteiger partial charge in [0.2, 0.25) is 0 Å². The number of nitrogens with one attached hydrogen (secondary N) is 1. The monoisotopic (exact) mass is 624 g/mol. The van der Waals surface area contributed by atoms with Gasteiger partial charge in [-0.05, 0) is 69.4 Å². The molecule has 5 aliphatic rings. The highest BCUT2D eigenvalue weighted by molar-refractivity contribution is 6.02. The summed E-state index contributed by atoms with van der Waals surface area (Å²) in [6, 6.07) is 9.23. The van der Waals surface area contributed by atoms with E-state index in [9.17, 15) is 8.78 Å². The van der Waals surface area contributed by atoms with E-state index < -0.39 is 11.6 Å². The van der Waals surface area contributed by atoms with Crippen LogP contribution in [0.15, 0.2) is 30.3 Å². The van der Waals surface area contributed by atoms with Gasteiger partial charge in [0.05, 0.1) is 22.2 Å². The predicted octanol–water partition coefficient (Wildman–Crippen LogP) is 5.71. The maximum absolute atomic E-state index is 17.1. The van der Waals surface area contributed by atoms with Gasteiger partial charge >= 0.3 is 6.01 Å². The summed E-state index contributed by atoms with van der Waals surface area (Å²) in [7, 11) is 0. The Kier molecular flexibility index (Phi) is 6.48. The van der Waals surface area contributed by atoms with Crippen LogP contribution in [0.4, 0.5) is 19.0 Å². The number of hydrogen-bond acceptors (Lipinski definition) is 7. The first-order valence-corrected chi connectivity index (χ1v) is 16.5. The van der Waals surface area contributed by atoms with Crippen molar-refractivity contribution in [3.63, 3.8) is 0 Å². The number of rotatable bonds is 5. The van der Waals surface area contributed by atoms with Crippen LogP contribution >= 0.6 is 0 Å². The molecule has 0 spiro atoms. The van der Waals surface area contributed by atoms with Crippen molar-refractivity contribution in [2.24, 2.45) is 0 Å². The summed E-state index contributed by atoms with van der Waals surface area (Å²) in [4.78, 5) is 19.3. The van der Waals surface area contributed by atoms with Gasteiger partial charge in [0.15, 0.2) is 5.82 Å². The van der Waals surface area contributed by atoms with E-state index in [0.717, 1.165) is 63.7 Å². The average molecular weight is 625 g/mol. The van der Waals surface area contributed by atoms with Crippen LogP contribution in [0.2, 0.25) is 0 Å². The quantitative estimate of drug-likeness (QED) is 0.286. The second-order valence-electron chi connectivity index (χ2n) is 13.7. The normalized spacial score (nSPS) is 28.3. The van der Waals surface area contributed by atoms with E-state index in [-0.39, 0.29) is 47.1 Å². The van der Waals surface area contributed by atoms with Crippen molar-refractivity contribution < 1.29 is 17.9 Å². The molecule has 7 heterocycles. The Morgan fingerprint density at radius 2 is 1.96 bits per heavy atom. The molecule has 5 aliphatic heterocycles. The van der Waals surface area contributed by atoms with Crippen molar-refractivity contribution in [2.75, 3.05) is 31.3 Å². The summed E-state index contributed by atoms with van der Waals surface area (Å²) < 4.78 is 52.3. The van der Waals surface area contributed by atoms with Gasteiger partial charge < -0.3 is 15.0 Å². The Labute approximate surface area is 265 Å². The third-order valence-corrected chi connectivity index (χ3v) is 11.4. The number of ether oxygens (including phenoxy) is 1. The molecule has 2 aromatic heterocycles. The standard InChI is InChI=1S/C36H35F3N6O/c1-2-23-25(38)9-7-20-5-3-6-24(29(20)23)32-31(39)33-30-27(41-32)11-12-28-26-10-8-21(40-26)18-44(28)34(30)43-35(42-33)46-19-36-14-4-16-45(36)22(17-37)13-15-36/h1,3,5-7,9,21-22,26,28,40H,4,8,10-19H2/t21-,22+,26+,28-,36+/m1/s1.